The van der Waals surface area contributed by atoms with Gasteiger partial charge in [-0.15, -0.1) is 0 Å². The van der Waals surface area contributed by atoms with Gasteiger partial charge in [-0.05, 0) is 62.4 Å². The lowest BCUT2D eigenvalue weighted by atomic mass is 10.2. The quantitative estimate of drug-likeness (QED) is 0.502. The van der Waals surface area contributed by atoms with Crippen LogP contribution in [0.5, 0.6) is 0 Å². The highest BCUT2D eigenvalue weighted by atomic mass is 15.5. The molecule has 128 valence electrons. The van der Waals surface area contributed by atoms with Crippen LogP contribution in [0.15, 0.2) is 84.9 Å². The van der Waals surface area contributed by atoms with E-state index in [1.54, 1.807) is 4.80 Å². The first-order valence-electron chi connectivity index (χ1n) is 8.63. The Morgan fingerprint density at radius 1 is 0.577 bits per heavy atom. The summed E-state index contributed by atoms with van der Waals surface area (Å²) in [4.78, 5) is 3.92. The SMILES string of the molecule is Cc1nn(-c2ccc(N(c3ccccc3)c3ccccc3)cc2)nc1C. The summed E-state index contributed by atoms with van der Waals surface area (Å²) in [5.41, 5.74) is 6.18. The summed E-state index contributed by atoms with van der Waals surface area (Å²) in [5.74, 6) is 0. The van der Waals surface area contributed by atoms with Gasteiger partial charge in [0.2, 0.25) is 0 Å². The highest BCUT2D eigenvalue weighted by Gasteiger charge is 2.12. The maximum absolute atomic E-state index is 4.46. The molecule has 0 aliphatic carbocycles. The van der Waals surface area contributed by atoms with E-state index in [1.807, 2.05) is 38.1 Å². The third-order valence-corrected chi connectivity index (χ3v) is 4.38. The van der Waals surface area contributed by atoms with E-state index in [4.69, 9.17) is 0 Å². The molecule has 0 spiro atoms. The summed E-state index contributed by atoms with van der Waals surface area (Å²) >= 11 is 0. The molecule has 4 rings (SSSR count). The Kier molecular flexibility index (Phi) is 4.23. The largest absolute Gasteiger partial charge is 0.311 e. The van der Waals surface area contributed by atoms with Gasteiger partial charge >= 0.3 is 0 Å². The molecule has 0 aliphatic heterocycles. The predicted molar refractivity (Wildman–Crippen MR) is 106 cm³/mol. The average Bonchev–Trinajstić information content (AvgIpc) is 3.03. The van der Waals surface area contributed by atoms with Crippen LogP contribution >= 0.6 is 0 Å². The predicted octanol–water partition coefficient (Wildman–Crippen LogP) is 5.35. The minimum absolute atomic E-state index is 0.948. The van der Waals surface area contributed by atoms with Crippen LogP contribution in [0.3, 0.4) is 0 Å². The molecule has 0 aliphatic rings. The molecular formula is C22H20N4. The smallest absolute Gasteiger partial charge is 0.0858 e. The minimum Gasteiger partial charge on any atom is -0.311 e. The van der Waals surface area contributed by atoms with E-state index in [2.05, 4.69) is 75.8 Å². The number of nitrogens with zero attached hydrogens (tertiary/aromatic N) is 4. The molecule has 0 bridgehead atoms. The summed E-state index contributed by atoms with van der Waals surface area (Å²) in [5, 5.41) is 8.93. The third kappa shape index (κ3) is 3.09. The molecule has 0 amide bonds. The number of anilines is 3. The second-order valence-corrected chi connectivity index (χ2v) is 6.18. The summed E-state index contributed by atoms with van der Waals surface area (Å²) in [6, 6.07) is 29.0. The van der Waals surface area contributed by atoms with Gasteiger partial charge in [-0.1, -0.05) is 36.4 Å². The fraction of sp³-hybridized carbons (Fsp3) is 0.0909. The molecule has 0 saturated carbocycles. The molecule has 0 saturated heterocycles. The number of benzene rings is 3. The Morgan fingerprint density at radius 2 is 1.00 bits per heavy atom. The van der Waals surface area contributed by atoms with Crippen molar-refractivity contribution >= 4 is 17.1 Å². The van der Waals surface area contributed by atoms with E-state index >= 15 is 0 Å². The van der Waals surface area contributed by atoms with E-state index < -0.39 is 0 Å². The maximum atomic E-state index is 4.46. The summed E-state index contributed by atoms with van der Waals surface area (Å²) in [6.07, 6.45) is 0. The van der Waals surface area contributed by atoms with Gasteiger partial charge in [-0.3, -0.25) is 0 Å². The molecule has 1 heterocycles. The molecule has 3 aromatic carbocycles. The van der Waals surface area contributed by atoms with E-state index in [-0.39, 0.29) is 0 Å². The van der Waals surface area contributed by atoms with Crippen molar-refractivity contribution < 1.29 is 0 Å². The number of aromatic nitrogens is 3. The molecule has 4 heteroatoms. The van der Waals surface area contributed by atoms with E-state index in [0.29, 0.717) is 0 Å². The van der Waals surface area contributed by atoms with Crippen LogP contribution < -0.4 is 4.90 Å². The second kappa shape index (κ2) is 6.84. The van der Waals surface area contributed by atoms with Crippen molar-refractivity contribution in [3.63, 3.8) is 0 Å². The van der Waals surface area contributed by atoms with Crippen molar-refractivity contribution in [1.82, 2.24) is 15.0 Å². The maximum Gasteiger partial charge on any atom is 0.0858 e. The highest BCUT2D eigenvalue weighted by Crippen LogP contribution is 2.34. The van der Waals surface area contributed by atoms with Crippen LogP contribution in [0.4, 0.5) is 17.1 Å². The third-order valence-electron chi connectivity index (χ3n) is 4.38. The Morgan fingerprint density at radius 3 is 1.46 bits per heavy atom. The highest BCUT2D eigenvalue weighted by molar-refractivity contribution is 5.76. The lowest BCUT2D eigenvalue weighted by Gasteiger charge is -2.25. The molecular weight excluding hydrogens is 320 g/mol. The van der Waals surface area contributed by atoms with Gasteiger partial charge in [-0.2, -0.15) is 15.0 Å². The Bertz CT molecular complexity index is 931. The number of rotatable bonds is 4. The first-order valence-corrected chi connectivity index (χ1v) is 8.63. The number of aryl methyl sites for hydroxylation is 2. The van der Waals surface area contributed by atoms with Crippen LogP contribution in [0.2, 0.25) is 0 Å². The van der Waals surface area contributed by atoms with Crippen molar-refractivity contribution in [3.8, 4) is 5.69 Å². The Labute approximate surface area is 153 Å². The van der Waals surface area contributed by atoms with Crippen molar-refractivity contribution in [1.29, 1.82) is 0 Å². The second-order valence-electron chi connectivity index (χ2n) is 6.18. The topological polar surface area (TPSA) is 34.0 Å². The van der Waals surface area contributed by atoms with Crippen molar-refractivity contribution in [2.75, 3.05) is 4.90 Å². The van der Waals surface area contributed by atoms with E-state index in [1.165, 1.54) is 0 Å². The van der Waals surface area contributed by atoms with Crippen LogP contribution in [0.25, 0.3) is 5.69 Å². The number of hydrogen-bond acceptors (Lipinski definition) is 3. The van der Waals surface area contributed by atoms with Gasteiger partial charge in [0.1, 0.15) is 0 Å². The fourth-order valence-corrected chi connectivity index (χ4v) is 2.90. The zero-order valence-electron chi connectivity index (χ0n) is 14.9. The molecule has 0 unspecified atom stereocenters. The van der Waals surface area contributed by atoms with Gasteiger partial charge in [0.25, 0.3) is 0 Å². The number of hydrogen-bond donors (Lipinski definition) is 0. The first kappa shape index (κ1) is 16.1. The fourth-order valence-electron chi connectivity index (χ4n) is 2.90. The number of para-hydroxylation sites is 2. The van der Waals surface area contributed by atoms with Crippen molar-refractivity contribution in [3.05, 3.63) is 96.3 Å². The molecule has 4 aromatic rings. The van der Waals surface area contributed by atoms with Gasteiger partial charge in [0.15, 0.2) is 0 Å². The van der Waals surface area contributed by atoms with Crippen LogP contribution in [0, 0.1) is 13.8 Å². The van der Waals surface area contributed by atoms with Crippen LogP contribution in [-0.2, 0) is 0 Å². The van der Waals surface area contributed by atoms with Crippen molar-refractivity contribution in [2.45, 2.75) is 13.8 Å². The Hall–Kier alpha value is -3.40. The average molecular weight is 340 g/mol. The first-order chi connectivity index (χ1) is 12.7. The van der Waals surface area contributed by atoms with E-state index in [9.17, 15) is 0 Å². The van der Waals surface area contributed by atoms with Crippen LogP contribution in [-0.4, -0.2) is 15.0 Å². The van der Waals surface area contributed by atoms with Gasteiger partial charge in [0.05, 0.1) is 17.1 Å². The Balaban J connectivity index is 1.75. The summed E-state index contributed by atoms with van der Waals surface area (Å²) in [7, 11) is 0. The van der Waals surface area contributed by atoms with Gasteiger partial charge < -0.3 is 4.90 Å². The standard InChI is InChI=1S/C22H20N4/c1-17-18(2)24-26(23-17)22-15-13-21(14-16-22)25(19-9-5-3-6-10-19)20-11-7-4-8-12-20/h3-16H,1-2H3. The van der Waals surface area contributed by atoms with E-state index in [0.717, 1.165) is 34.1 Å². The van der Waals surface area contributed by atoms with Gasteiger partial charge in [0, 0.05) is 17.1 Å². The monoisotopic (exact) mass is 340 g/mol. The lowest BCUT2D eigenvalue weighted by Crippen LogP contribution is -2.10. The summed E-state index contributed by atoms with van der Waals surface area (Å²) < 4.78 is 0. The molecule has 1 aromatic heterocycles. The van der Waals surface area contributed by atoms with Crippen LogP contribution in [0.1, 0.15) is 11.4 Å². The molecule has 0 fully saturated rings. The normalized spacial score (nSPS) is 10.7. The molecule has 4 nitrogen and oxygen atoms in total. The molecule has 26 heavy (non-hydrogen) atoms. The zero-order chi connectivity index (χ0) is 17.9. The summed E-state index contributed by atoms with van der Waals surface area (Å²) in [6.45, 7) is 3.94. The lowest BCUT2D eigenvalue weighted by molar-refractivity contribution is 0.741. The molecule has 0 atom stereocenters. The van der Waals surface area contributed by atoms with Crippen molar-refractivity contribution in [2.24, 2.45) is 0 Å². The molecule has 0 N–H and O–H groups in total. The van der Waals surface area contributed by atoms with Gasteiger partial charge in [-0.25, -0.2) is 0 Å². The molecule has 0 radical (unpaired) electrons. The minimum atomic E-state index is 0.948. The zero-order valence-corrected chi connectivity index (χ0v) is 14.9.